The first-order chi connectivity index (χ1) is 16.0. The number of rotatable bonds is 7. The average molecular weight is 484 g/mol. The Morgan fingerprint density at radius 2 is 1.82 bits per heavy atom. The Morgan fingerprint density at radius 3 is 2.52 bits per heavy atom. The van der Waals surface area contributed by atoms with Gasteiger partial charge in [0.2, 0.25) is 5.91 Å². The molecule has 33 heavy (non-hydrogen) atoms. The number of carbonyl (C=O) groups excluding carboxylic acids is 1. The second-order valence-electron chi connectivity index (χ2n) is 7.69. The predicted octanol–water partition coefficient (Wildman–Crippen LogP) is 4.50. The summed E-state index contributed by atoms with van der Waals surface area (Å²) in [5.74, 6) is 1.80. The van der Waals surface area contributed by atoms with Crippen molar-refractivity contribution in [3.63, 3.8) is 0 Å². The Morgan fingerprint density at radius 1 is 1.09 bits per heavy atom. The summed E-state index contributed by atoms with van der Waals surface area (Å²) < 4.78 is 5.24. The molecule has 1 N–H and O–H groups in total. The molecule has 0 saturated carbocycles. The summed E-state index contributed by atoms with van der Waals surface area (Å²) in [6.45, 7) is 5.48. The molecule has 0 spiro atoms. The number of aryl methyl sites for hydroxylation is 1. The third-order valence-electron chi connectivity index (χ3n) is 5.39. The summed E-state index contributed by atoms with van der Waals surface area (Å²) in [6, 6.07) is 15.6. The van der Waals surface area contributed by atoms with Crippen LogP contribution in [0.15, 0.2) is 59.9 Å². The fraction of sp³-hybridized carbons (Fsp3) is 0.292. The number of anilines is 3. The number of halogens is 1. The van der Waals surface area contributed by atoms with Gasteiger partial charge in [0, 0.05) is 38.1 Å². The van der Waals surface area contributed by atoms with E-state index in [1.165, 1.54) is 17.4 Å². The number of benzene rings is 2. The molecule has 172 valence electrons. The minimum atomic E-state index is -0.145. The van der Waals surface area contributed by atoms with Crippen LogP contribution in [0.3, 0.4) is 0 Å². The van der Waals surface area contributed by atoms with E-state index in [0.717, 1.165) is 43.3 Å². The van der Waals surface area contributed by atoms with Crippen LogP contribution in [0, 0.1) is 6.92 Å². The van der Waals surface area contributed by atoms with Crippen molar-refractivity contribution in [1.29, 1.82) is 0 Å². The van der Waals surface area contributed by atoms with Crippen LogP contribution in [0.4, 0.5) is 17.2 Å². The van der Waals surface area contributed by atoms with Gasteiger partial charge < -0.3 is 19.9 Å². The molecule has 0 radical (unpaired) electrons. The second-order valence-corrected chi connectivity index (χ2v) is 9.04. The molecule has 9 heteroatoms. The molecular formula is C24H26ClN5O2S. The smallest absolute Gasteiger partial charge is 0.234 e. The Kier molecular flexibility index (Phi) is 7.57. The van der Waals surface area contributed by atoms with Gasteiger partial charge in [0.25, 0.3) is 0 Å². The molecule has 1 saturated heterocycles. The van der Waals surface area contributed by atoms with Gasteiger partial charge in [-0.05, 0) is 55.0 Å². The van der Waals surface area contributed by atoms with Crippen molar-refractivity contribution in [3.8, 4) is 5.75 Å². The van der Waals surface area contributed by atoms with E-state index < -0.39 is 0 Å². The SMILES string of the molecule is COc1ccc(N2CCN(c3ccnc(SCC(=O)Nc4ccc(C)cc4Cl)n3)CC2)cc1. The number of ether oxygens (including phenoxy) is 1. The summed E-state index contributed by atoms with van der Waals surface area (Å²) in [5.41, 5.74) is 2.84. The Balaban J connectivity index is 1.30. The van der Waals surface area contributed by atoms with E-state index in [-0.39, 0.29) is 11.7 Å². The van der Waals surface area contributed by atoms with Crippen molar-refractivity contribution in [1.82, 2.24) is 9.97 Å². The zero-order valence-corrected chi connectivity index (χ0v) is 20.2. The zero-order chi connectivity index (χ0) is 23.2. The molecule has 1 amide bonds. The largest absolute Gasteiger partial charge is 0.497 e. The van der Waals surface area contributed by atoms with E-state index in [4.69, 9.17) is 16.3 Å². The molecule has 1 aromatic heterocycles. The molecule has 4 rings (SSSR count). The number of nitrogens with zero attached hydrogens (tertiary/aromatic N) is 4. The lowest BCUT2D eigenvalue weighted by Crippen LogP contribution is -2.46. The average Bonchev–Trinajstić information content (AvgIpc) is 2.85. The molecule has 0 unspecified atom stereocenters. The monoisotopic (exact) mass is 483 g/mol. The fourth-order valence-electron chi connectivity index (χ4n) is 3.60. The summed E-state index contributed by atoms with van der Waals surface area (Å²) in [4.78, 5) is 25.9. The van der Waals surface area contributed by atoms with E-state index in [2.05, 4.69) is 37.2 Å². The van der Waals surface area contributed by atoms with Crippen molar-refractivity contribution in [2.24, 2.45) is 0 Å². The maximum absolute atomic E-state index is 12.4. The highest BCUT2D eigenvalue weighted by Crippen LogP contribution is 2.25. The quantitative estimate of drug-likeness (QED) is 0.391. The molecular weight excluding hydrogens is 458 g/mol. The van der Waals surface area contributed by atoms with Crippen LogP contribution >= 0.6 is 23.4 Å². The number of amides is 1. The van der Waals surface area contributed by atoms with Gasteiger partial charge in [0.1, 0.15) is 11.6 Å². The first-order valence-corrected chi connectivity index (χ1v) is 12.0. The molecule has 3 aromatic rings. The van der Waals surface area contributed by atoms with Crippen molar-refractivity contribution >= 4 is 46.5 Å². The Labute approximate surface area is 203 Å². The van der Waals surface area contributed by atoms with Gasteiger partial charge in [0.15, 0.2) is 5.16 Å². The number of nitrogens with one attached hydrogen (secondary N) is 1. The van der Waals surface area contributed by atoms with Crippen molar-refractivity contribution in [2.45, 2.75) is 12.1 Å². The molecule has 1 aliphatic heterocycles. The molecule has 1 aliphatic rings. The lowest BCUT2D eigenvalue weighted by atomic mass is 10.2. The predicted molar refractivity (Wildman–Crippen MR) is 135 cm³/mol. The third-order valence-corrected chi connectivity index (χ3v) is 6.57. The molecule has 0 aliphatic carbocycles. The number of thioether (sulfide) groups is 1. The molecule has 1 fully saturated rings. The number of carbonyl (C=O) groups is 1. The van der Waals surface area contributed by atoms with Gasteiger partial charge in [-0.15, -0.1) is 0 Å². The summed E-state index contributed by atoms with van der Waals surface area (Å²) in [6.07, 6.45) is 1.75. The highest BCUT2D eigenvalue weighted by atomic mass is 35.5. The minimum absolute atomic E-state index is 0.145. The fourth-order valence-corrected chi connectivity index (χ4v) is 4.51. The van der Waals surface area contributed by atoms with Gasteiger partial charge in [0.05, 0.1) is 23.6 Å². The normalized spacial score (nSPS) is 13.7. The van der Waals surface area contributed by atoms with Crippen LogP contribution in [0.1, 0.15) is 5.56 Å². The number of methoxy groups -OCH3 is 1. The molecule has 0 bridgehead atoms. The van der Waals surface area contributed by atoms with Gasteiger partial charge in [-0.2, -0.15) is 0 Å². The molecule has 0 atom stereocenters. The lowest BCUT2D eigenvalue weighted by molar-refractivity contribution is -0.113. The van der Waals surface area contributed by atoms with E-state index >= 15 is 0 Å². The Bertz CT molecular complexity index is 1100. The molecule has 2 aromatic carbocycles. The summed E-state index contributed by atoms with van der Waals surface area (Å²) in [5, 5.41) is 3.95. The van der Waals surface area contributed by atoms with E-state index in [1.807, 2.05) is 43.3 Å². The topological polar surface area (TPSA) is 70.6 Å². The van der Waals surface area contributed by atoms with E-state index in [1.54, 1.807) is 13.3 Å². The minimum Gasteiger partial charge on any atom is -0.497 e. The van der Waals surface area contributed by atoms with Crippen LogP contribution in [0.2, 0.25) is 5.02 Å². The van der Waals surface area contributed by atoms with Gasteiger partial charge in [-0.25, -0.2) is 9.97 Å². The van der Waals surface area contributed by atoms with Crippen LogP contribution in [0.25, 0.3) is 0 Å². The second kappa shape index (κ2) is 10.8. The van der Waals surface area contributed by atoms with Gasteiger partial charge in [-0.1, -0.05) is 29.4 Å². The first kappa shape index (κ1) is 23.2. The van der Waals surface area contributed by atoms with Gasteiger partial charge >= 0.3 is 0 Å². The number of hydrogen-bond donors (Lipinski definition) is 1. The highest BCUT2D eigenvalue weighted by molar-refractivity contribution is 7.99. The standard InChI is InChI=1S/C24H26ClN5O2S/c1-17-3-8-21(20(25)15-17)27-23(31)16-33-24-26-10-9-22(28-24)30-13-11-29(12-14-30)18-4-6-19(32-2)7-5-18/h3-10,15H,11-14,16H2,1-2H3,(H,27,31). The summed E-state index contributed by atoms with van der Waals surface area (Å²) >= 11 is 7.51. The molecule has 2 heterocycles. The molecule has 7 nitrogen and oxygen atoms in total. The van der Waals surface area contributed by atoms with Crippen LogP contribution in [0.5, 0.6) is 5.75 Å². The number of aromatic nitrogens is 2. The zero-order valence-electron chi connectivity index (χ0n) is 18.6. The lowest BCUT2D eigenvalue weighted by Gasteiger charge is -2.36. The van der Waals surface area contributed by atoms with E-state index in [0.29, 0.717) is 15.9 Å². The van der Waals surface area contributed by atoms with Crippen LogP contribution in [-0.2, 0) is 4.79 Å². The number of piperazine rings is 1. The number of hydrogen-bond acceptors (Lipinski definition) is 7. The van der Waals surface area contributed by atoms with Gasteiger partial charge in [-0.3, -0.25) is 4.79 Å². The van der Waals surface area contributed by atoms with E-state index in [9.17, 15) is 4.79 Å². The highest BCUT2D eigenvalue weighted by Gasteiger charge is 2.19. The summed E-state index contributed by atoms with van der Waals surface area (Å²) in [7, 11) is 1.67. The Hall–Kier alpha value is -2.97. The third kappa shape index (κ3) is 6.09. The van der Waals surface area contributed by atoms with Crippen molar-refractivity contribution in [2.75, 3.05) is 54.2 Å². The van der Waals surface area contributed by atoms with Crippen molar-refractivity contribution in [3.05, 3.63) is 65.3 Å². The van der Waals surface area contributed by atoms with Crippen LogP contribution in [-0.4, -0.2) is 54.9 Å². The van der Waals surface area contributed by atoms with Crippen LogP contribution < -0.4 is 19.9 Å². The maximum Gasteiger partial charge on any atom is 0.234 e. The maximum atomic E-state index is 12.4. The van der Waals surface area contributed by atoms with Crippen molar-refractivity contribution < 1.29 is 9.53 Å². The first-order valence-electron chi connectivity index (χ1n) is 10.7.